The van der Waals surface area contributed by atoms with Crippen molar-refractivity contribution in [2.24, 2.45) is 0 Å². The molecule has 106 valence electrons. The van der Waals surface area contributed by atoms with Gasteiger partial charge in [-0.05, 0) is 32.4 Å². The Morgan fingerprint density at radius 1 is 1.11 bits per heavy atom. The molecule has 0 bridgehead atoms. The van der Waals surface area contributed by atoms with Crippen LogP contribution in [0.3, 0.4) is 0 Å². The number of carbonyl (C=O) groups excluding carboxylic acids is 1. The zero-order valence-electron chi connectivity index (χ0n) is 11.8. The Kier molecular flexibility index (Phi) is 7.15. The van der Waals surface area contributed by atoms with Crippen LogP contribution in [0.15, 0.2) is 24.3 Å². The lowest BCUT2D eigenvalue weighted by atomic mass is 10.1. The summed E-state index contributed by atoms with van der Waals surface area (Å²) in [5.41, 5.74) is 1.49. The van der Waals surface area contributed by atoms with Crippen LogP contribution in [0.1, 0.15) is 29.8 Å². The molecule has 1 rings (SSSR count). The van der Waals surface area contributed by atoms with Gasteiger partial charge in [0.2, 0.25) is 0 Å². The molecule has 0 unspecified atom stereocenters. The molecule has 0 aliphatic rings. The van der Waals surface area contributed by atoms with Crippen LogP contribution in [-0.2, 0) is 14.2 Å². The molecule has 0 aliphatic heterocycles. The molecule has 4 nitrogen and oxygen atoms in total. The van der Waals surface area contributed by atoms with Crippen molar-refractivity contribution < 1.29 is 19.0 Å². The summed E-state index contributed by atoms with van der Waals surface area (Å²) in [6.45, 7) is 7.58. The molecule has 1 aromatic rings. The maximum absolute atomic E-state index is 12.1. The van der Waals surface area contributed by atoms with Crippen molar-refractivity contribution in [1.82, 2.24) is 0 Å². The van der Waals surface area contributed by atoms with Gasteiger partial charge >= 0.3 is 5.97 Å². The quantitative estimate of drug-likeness (QED) is 0.678. The van der Waals surface area contributed by atoms with E-state index < -0.39 is 0 Å². The van der Waals surface area contributed by atoms with Crippen molar-refractivity contribution in [3.63, 3.8) is 0 Å². The molecule has 0 saturated heterocycles. The molecule has 0 saturated carbocycles. The lowest BCUT2D eigenvalue weighted by Gasteiger charge is -2.18. The van der Waals surface area contributed by atoms with Crippen molar-refractivity contribution in [1.29, 1.82) is 0 Å². The fourth-order valence-electron chi connectivity index (χ4n) is 1.63. The molecule has 1 aromatic carbocycles. The molecule has 0 aromatic heterocycles. The second-order valence-corrected chi connectivity index (χ2v) is 4.16. The van der Waals surface area contributed by atoms with Crippen molar-refractivity contribution in [3.05, 3.63) is 35.4 Å². The predicted molar refractivity (Wildman–Crippen MR) is 73.4 cm³/mol. The van der Waals surface area contributed by atoms with Crippen LogP contribution >= 0.6 is 0 Å². The van der Waals surface area contributed by atoms with Crippen LogP contribution in [0.2, 0.25) is 0 Å². The maximum Gasteiger partial charge on any atom is 0.338 e. The van der Waals surface area contributed by atoms with Gasteiger partial charge in [0.05, 0.1) is 18.8 Å². The van der Waals surface area contributed by atoms with E-state index in [-0.39, 0.29) is 12.1 Å². The van der Waals surface area contributed by atoms with Gasteiger partial charge in [0, 0.05) is 13.2 Å². The van der Waals surface area contributed by atoms with E-state index in [1.807, 2.05) is 39.0 Å². The standard InChI is InChI=1S/C15H22O4/c1-4-17-10-13(11-18-5-2)19-15(16)14-9-7-6-8-12(14)3/h6-9,13H,4-5,10-11H2,1-3H3. The van der Waals surface area contributed by atoms with Crippen LogP contribution in [0, 0.1) is 6.92 Å². The Labute approximate surface area is 114 Å². The highest BCUT2D eigenvalue weighted by Crippen LogP contribution is 2.10. The summed E-state index contributed by atoms with van der Waals surface area (Å²) in [5.74, 6) is -0.331. The third kappa shape index (κ3) is 5.41. The van der Waals surface area contributed by atoms with Gasteiger partial charge in [0.15, 0.2) is 0 Å². The fourth-order valence-corrected chi connectivity index (χ4v) is 1.63. The van der Waals surface area contributed by atoms with Crippen LogP contribution < -0.4 is 0 Å². The molecule has 0 radical (unpaired) electrons. The Hall–Kier alpha value is -1.39. The van der Waals surface area contributed by atoms with Gasteiger partial charge in [-0.3, -0.25) is 0 Å². The minimum Gasteiger partial charge on any atom is -0.454 e. The summed E-state index contributed by atoms with van der Waals surface area (Å²) in [6, 6.07) is 7.36. The van der Waals surface area contributed by atoms with E-state index in [0.717, 1.165) is 5.56 Å². The topological polar surface area (TPSA) is 44.8 Å². The Balaban J connectivity index is 2.61. The zero-order chi connectivity index (χ0) is 14.1. The van der Waals surface area contributed by atoms with Crippen molar-refractivity contribution in [2.45, 2.75) is 26.9 Å². The molecule has 0 N–H and O–H groups in total. The smallest absolute Gasteiger partial charge is 0.338 e. The second-order valence-electron chi connectivity index (χ2n) is 4.16. The second kappa shape index (κ2) is 8.67. The molecule has 0 aliphatic carbocycles. The van der Waals surface area contributed by atoms with Crippen LogP contribution in [-0.4, -0.2) is 38.5 Å². The van der Waals surface area contributed by atoms with Gasteiger partial charge in [0.25, 0.3) is 0 Å². The predicted octanol–water partition coefficient (Wildman–Crippen LogP) is 2.59. The lowest BCUT2D eigenvalue weighted by molar-refractivity contribution is -0.0364. The van der Waals surface area contributed by atoms with E-state index in [1.54, 1.807) is 6.07 Å². The number of carbonyl (C=O) groups is 1. The molecule has 19 heavy (non-hydrogen) atoms. The highest BCUT2D eigenvalue weighted by Gasteiger charge is 2.17. The number of esters is 1. The van der Waals surface area contributed by atoms with E-state index in [0.29, 0.717) is 32.0 Å². The number of hydrogen-bond donors (Lipinski definition) is 0. The largest absolute Gasteiger partial charge is 0.454 e. The zero-order valence-corrected chi connectivity index (χ0v) is 11.8. The molecule has 0 fully saturated rings. The molecular weight excluding hydrogens is 244 g/mol. The summed E-state index contributed by atoms with van der Waals surface area (Å²) in [7, 11) is 0. The normalized spacial score (nSPS) is 10.7. The van der Waals surface area contributed by atoms with Gasteiger partial charge in [-0.25, -0.2) is 4.79 Å². The summed E-state index contributed by atoms with van der Waals surface area (Å²) in [4.78, 5) is 12.1. The van der Waals surface area contributed by atoms with Crippen LogP contribution in [0.5, 0.6) is 0 Å². The van der Waals surface area contributed by atoms with Gasteiger partial charge in [-0.1, -0.05) is 18.2 Å². The highest BCUT2D eigenvalue weighted by atomic mass is 16.6. The minimum atomic E-state index is -0.369. The fraction of sp³-hybridized carbons (Fsp3) is 0.533. The average Bonchev–Trinajstić information content (AvgIpc) is 2.42. The van der Waals surface area contributed by atoms with E-state index in [9.17, 15) is 4.79 Å². The molecule has 0 amide bonds. The van der Waals surface area contributed by atoms with E-state index in [2.05, 4.69) is 0 Å². The van der Waals surface area contributed by atoms with Crippen LogP contribution in [0.4, 0.5) is 0 Å². The summed E-state index contributed by atoms with van der Waals surface area (Å²) in [5, 5.41) is 0. The van der Waals surface area contributed by atoms with Crippen molar-refractivity contribution in [2.75, 3.05) is 26.4 Å². The lowest BCUT2D eigenvalue weighted by Crippen LogP contribution is -2.29. The van der Waals surface area contributed by atoms with Gasteiger partial charge in [0.1, 0.15) is 6.10 Å². The third-order valence-electron chi connectivity index (χ3n) is 2.65. The van der Waals surface area contributed by atoms with Crippen LogP contribution in [0.25, 0.3) is 0 Å². The van der Waals surface area contributed by atoms with E-state index in [4.69, 9.17) is 14.2 Å². The number of rotatable bonds is 8. The van der Waals surface area contributed by atoms with Gasteiger partial charge in [-0.2, -0.15) is 0 Å². The van der Waals surface area contributed by atoms with Gasteiger partial charge in [-0.15, -0.1) is 0 Å². The summed E-state index contributed by atoms with van der Waals surface area (Å²) < 4.78 is 16.0. The Morgan fingerprint density at radius 3 is 2.21 bits per heavy atom. The average molecular weight is 266 g/mol. The first-order valence-corrected chi connectivity index (χ1v) is 6.61. The number of benzene rings is 1. The molecule has 0 spiro atoms. The first-order chi connectivity index (χ1) is 9.19. The molecule has 0 heterocycles. The number of hydrogen-bond acceptors (Lipinski definition) is 4. The Morgan fingerprint density at radius 2 is 1.68 bits per heavy atom. The molecular formula is C15H22O4. The third-order valence-corrected chi connectivity index (χ3v) is 2.65. The summed E-state index contributed by atoms with van der Waals surface area (Å²) in [6.07, 6.45) is -0.369. The molecule has 0 atom stereocenters. The first-order valence-electron chi connectivity index (χ1n) is 6.61. The Bertz CT molecular complexity index is 381. The van der Waals surface area contributed by atoms with Gasteiger partial charge < -0.3 is 14.2 Å². The highest BCUT2D eigenvalue weighted by molar-refractivity contribution is 5.91. The van der Waals surface area contributed by atoms with E-state index >= 15 is 0 Å². The molecule has 4 heteroatoms. The first kappa shape index (κ1) is 15.7. The van der Waals surface area contributed by atoms with E-state index in [1.165, 1.54) is 0 Å². The monoisotopic (exact) mass is 266 g/mol. The SMILES string of the molecule is CCOCC(COCC)OC(=O)c1ccccc1C. The number of ether oxygens (including phenoxy) is 3. The van der Waals surface area contributed by atoms with Crippen molar-refractivity contribution in [3.8, 4) is 0 Å². The maximum atomic E-state index is 12.1. The minimum absolute atomic E-state index is 0.331. The van der Waals surface area contributed by atoms with Crippen molar-refractivity contribution >= 4 is 5.97 Å². The number of aryl methyl sites for hydroxylation is 1. The summed E-state index contributed by atoms with van der Waals surface area (Å²) >= 11 is 0.